The monoisotopic (exact) mass is 298 g/mol. The smallest absolute Gasteiger partial charge is 0.351 e. The first-order valence-corrected chi connectivity index (χ1v) is 8.01. The molecule has 20 heavy (non-hydrogen) atoms. The fourth-order valence-corrected chi connectivity index (χ4v) is 2.62. The molecule has 1 fully saturated rings. The van der Waals surface area contributed by atoms with Crippen molar-refractivity contribution in [1.29, 1.82) is 0 Å². The maximum atomic E-state index is 10.9. The first-order valence-electron chi connectivity index (χ1n) is 6.21. The number of hydrogen-bond acceptors (Lipinski definition) is 5. The highest BCUT2D eigenvalue weighted by atomic mass is 31.2. The van der Waals surface area contributed by atoms with Gasteiger partial charge in [-0.15, -0.1) is 0 Å². The zero-order chi connectivity index (χ0) is 14.4. The van der Waals surface area contributed by atoms with Crippen LogP contribution in [0.15, 0.2) is 12.5 Å². The standard InChI is InChI=1S/C11H15N4O4P/c1-8-12-6-13-10-9(5-14-15(8)10)4-11(2-3-11)19-7-20(16,17)18/h5-6H,2-4,7H2,1H3,(H2,16,17,18). The fourth-order valence-electron chi connectivity index (χ4n) is 2.18. The average Bonchev–Trinajstić information content (AvgIpc) is 3.01. The summed E-state index contributed by atoms with van der Waals surface area (Å²) in [6.07, 6.45) is 4.76. The molecule has 3 rings (SSSR count). The second-order valence-electron chi connectivity index (χ2n) is 5.12. The van der Waals surface area contributed by atoms with Crippen molar-refractivity contribution in [3.63, 3.8) is 0 Å². The predicted molar refractivity (Wildman–Crippen MR) is 69.2 cm³/mol. The molecule has 0 aromatic carbocycles. The van der Waals surface area contributed by atoms with Gasteiger partial charge in [-0.25, -0.2) is 14.5 Å². The molecule has 8 nitrogen and oxygen atoms in total. The number of hydrogen-bond donors (Lipinski definition) is 2. The Kier molecular flexibility index (Phi) is 3.13. The van der Waals surface area contributed by atoms with Crippen LogP contribution >= 0.6 is 7.60 Å². The Balaban J connectivity index is 1.80. The normalized spacial score (nSPS) is 17.6. The van der Waals surface area contributed by atoms with Crippen molar-refractivity contribution < 1.29 is 19.1 Å². The number of nitrogens with zero attached hydrogens (tertiary/aromatic N) is 4. The van der Waals surface area contributed by atoms with Gasteiger partial charge >= 0.3 is 7.60 Å². The van der Waals surface area contributed by atoms with Crippen molar-refractivity contribution in [3.8, 4) is 0 Å². The molecule has 1 aliphatic carbocycles. The van der Waals surface area contributed by atoms with Crippen LogP contribution in [0.1, 0.15) is 24.2 Å². The van der Waals surface area contributed by atoms with E-state index in [2.05, 4.69) is 15.1 Å². The van der Waals surface area contributed by atoms with Gasteiger partial charge in [-0.05, 0) is 19.8 Å². The van der Waals surface area contributed by atoms with Gasteiger partial charge in [0.05, 0.1) is 11.8 Å². The van der Waals surface area contributed by atoms with Crippen molar-refractivity contribution in [2.75, 3.05) is 6.35 Å². The zero-order valence-electron chi connectivity index (χ0n) is 10.9. The lowest BCUT2D eigenvalue weighted by molar-refractivity contribution is 0.0547. The molecule has 2 aromatic heterocycles. The van der Waals surface area contributed by atoms with Gasteiger partial charge in [0, 0.05) is 12.0 Å². The van der Waals surface area contributed by atoms with Crippen LogP contribution in [0.4, 0.5) is 0 Å². The van der Waals surface area contributed by atoms with Crippen molar-refractivity contribution in [2.24, 2.45) is 0 Å². The van der Waals surface area contributed by atoms with Gasteiger partial charge in [0.25, 0.3) is 0 Å². The van der Waals surface area contributed by atoms with E-state index in [0.29, 0.717) is 12.1 Å². The molecule has 2 aromatic rings. The number of rotatable bonds is 5. The van der Waals surface area contributed by atoms with Crippen LogP contribution in [0.25, 0.3) is 5.65 Å². The molecule has 0 radical (unpaired) electrons. The highest BCUT2D eigenvalue weighted by Crippen LogP contribution is 2.46. The van der Waals surface area contributed by atoms with E-state index >= 15 is 0 Å². The van der Waals surface area contributed by atoms with Gasteiger partial charge in [0.1, 0.15) is 18.5 Å². The lowest BCUT2D eigenvalue weighted by atomic mass is 10.1. The molecule has 9 heteroatoms. The average molecular weight is 298 g/mol. The second kappa shape index (κ2) is 4.60. The second-order valence-corrected chi connectivity index (χ2v) is 6.71. The minimum absolute atomic E-state index is 0.483. The maximum absolute atomic E-state index is 10.9. The summed E-state index contributed by atoms with van der Waals surface area (Å²) in [7, 11) is -4.14. The summed E-state index contributed by atoms with van der Waals surface area (Å²) < 4.78 is 18.0. The molecule has 0 atom stereocenters. The number of aryl methyl sites for hydroxylation is 1. The molecule has 0 unspecified atom stereocenters. The summed E-state index contributed by atoms with van der Waals surface area (Å²) >= 11 is 0. The van der Waals surface area contributed by atoms with E-state index in [-0.39, 0.29) is 0 Å². The van der Waals surface area contributed by atoms with Crippen molar-refractivity contribution in [2.45, 2.75) is 31.8 Å². The molecule has 0 spiro atoms. The van der Waals surface area contributed by atoms with Gasteiger partial charge in [-0.2, -0.15) is 5.10 Å². The molecule has 2 N–H and O–H groups in total. The van der Waals surface area contributed by atoms with Crippen LogP contribution in [-0.2, 0) is 15.7 Å². The van der Waals surface area contributed by atoms with E-state index in [1.165, 1.54) is 6.33 Å². The first kappa shape index (κ1) is 13.6. The quantitative estimate of drug-likeness (QED) is 0.780. The lowest BCUT2D eigenvalue weighted by Crippen LogP contribution is -2.18. The molecular formula is C11H15N4O4P. The molecule has 0 bridgehead atoms. The Morgan fingerprint density at radius 3 is 2.85 bits per heavy atom. The number of fused-ring (bicyclic) bond motifs is 1. The van der Waals surface area contributed by atoms with E-state index in [1.54, 1.807) is 10.7 Å². The third kappa shape index (κ3) is 2.73. The Morgan fingerprint density at radius 1 is 1.45 bits per heavy atom. The molecule has 0 saturated heterocycles. The Bertz CT molecular complexity index is 691. The van der Waals surface area contributed by atoms with Crippen molar-refractivity contribution in [3.05, 3.63) is 23.9 Å². The van der Waals surface area contributed by atoms with Gasteiger partial charge in [-0.1, -0.05) is 0 Å². The Hall–Kier alpha value is -1.34. The van der Waals surface area contributed by atoms with Gasteiger partial charge < -0.3 is 14.5 Å². The minimum Gasteiger partial charge on any atom is -0.362 e. The summed E-state index contributed by atoms with van der Waals surface area (Å²) in [5.41, 5.74) is 1.13. The van der Waals surface area contributed by atoms with Crippen LogP contribution < -0.4 is 0 Å². The molecule has 108 valence electrons. The molecular weight excluding hydrogens is 283 g/mol. The largest absolute Gasteiger partial charge is 0.362 e. The first-order chi connectivity index (χ1) is 9.39. The summed E-state index contributed by atoms with van der Waals surface area (Å²) in [5, 5.41) is 4.22. The minimum atomic E-state index is -4.14. The Labute approximate surface area is 115 Å². The van der Waals surface area contributed by atoms with Gasteiger partial charge in [-0.3, -0.25) is 4.57 Å². The topological polar surface area (TPSA) is 110 Å². The molecule has 1 aliphatic rings. The third-order valence-corrected chi connectivity index (χ3v) is 3.87. The van der Waals surface area contributed by atoms with E-state index < -0.39 is 19.5 Å². The molecule has 2 heterocycles. The van der Waals surface area contributed by atoms with Crippen molar-refractivity contribution in [1.82, 2.24) is 19.6 Å². The Morgan fingerprint density at radius 2 is 2.20 bits per heavy atom. The zero-order valence-corrected chi connectivity index (χ0v) is 11.8. The summed E-state index contributed by atoms with van der Waals surface area (Å²) in [4.78, 5) is 26.0. The molecule has 0 aliphatic heterocycles. The van der Waals surface area contributed by atoms with Crippen LogP contribution in [0.2, 0.25) is 0 Å². The highest BCUT2D eigenvalue weighted by Gasteiger charge is 2.45. The van der Waals surface area contributed by atoms with Crippen LogP contribution in [0.5, 0.6) is 0 Å². The summed E-state index contributed by atoms with van der Waals surface area (Å²) in [5.74, 6) is 0.738. The third-order valence-electron chi connectivity index (χ3n) is 3.41. The van der Waals surface area contributed by atoms with Crippen LogP contribution in [0.3, 0.4) is 0 Å². The van der Waals surface area contributed by atoms with Gasteiger partial charge in [0.15, 0.2) is 5.65 Å². The van der Waals surface area contributed by atoms with Crippen molar-refractivity contribution >= 4 is 13.2 Å². The maximum Gasteiger partial charge on any atom is 0.351 e. The van der Waals surface area contributed by atoms with Crippen LogP contribution in [0, 0.1) is 6.92 Å². The van der Waals surface area contributed by atoms with E-state index in [0.717, 1.165) is 24.2 Å². The van der Waals surface area contributed by atoms with Gasteiger partial charge in [0.2, 0.25) is 0 Å². The SMILES string of the molecule is Cc1ncnc2c(CC3(OCP(=O)(O)O)CC3)cnn12. The predicted octanol–water partition coefficient (Wildman–Crippen LogP) is 0.660. The highest BCUT2D eigenvalue weighted by molar-refractivity contribution is 7.51. The van der Waals surface area contributed by atoms with Crippen LogP contribution in [-0.4, -0.2) is 41.3 Å². The molecule has 1 saturated carbocycles. The van der Waals surface area contributed by atoms with E-state index in [1.807, 2.05) is 6.92 Å². The van der Waals surface area contributed by atoms with E-state index in [4.69, 9.17) is 14.5 Å². The fraction of sp³-hybridized carbons (Fsp3) is 0.545. The number of aromatic nitrogens is 4. The van der Waals surface area contributed by atoms with E-state index in [9.17, 15) is 4.57 Å². The number of ether oxygens (including phenoxy) is 1. The summed E-state index contributed by atoms with van der Waals surface area (Å²) in [6.45, 7) is 1.84. The summed E-state index contributed by atoms with van der Waals surface area (Å²) in [6, 6.07) is 0. The molecule has 0 amide bonds. The lowest BCUT2D eigenvalue weighted by Gasteiger charge is -2.16.